The van der Waals surface area contributed by atoms with E-state index in [1.54, 1.807) is 0 Å². The van der Waals surface area contributed by atoms with Crippen molar-refractivity contribution in [1.82, 2.24) is 25.1 Å². The van der Waals surface area contributed by atoms with Crippen LogP contribution in [-0.4, -0.2) is 31.7 Å². The van der Waals surface area contributed by atoms with Gasteiger partial charge in [0.1, 0.15) is 18.4 Å². The third-order valence-corrected chi connectivity index (χ3v) is 8.16. The van der Waals surface area contributed by atoms with Crippen LogP contribution in [0.1, 0.15) is 73.1 Å². The Morgan fingerprint density at radius 3 is 2.43 bits per heavy atom. The molecule has 1 saturated carbocycles. The standard InChI is InChI=1S/C31H35N5O/c1-31(19-10-3-11-20-31)36-30(32-33-34-36)29(35-21-18-25-14-6-7-15-26(25)22-35)27-16-8-9-17-28(27)37-23-24-12-4-2-5-13-24/h2,4-9,12-17,29H,3,10-11,18-23H2,1H3. The van der Waals surface area contributed by atoms with Crippen LogP contribution in [0.4, 0.5) is 0 Å². The van der Waals surface area contributed by atoms with E-state index in [0.29, 0.717) is 6.61 Å². The van der Waals surface area contributed by atoms with Gasteiger partial charge in [-0.1, -0.05) is 92.1 Å². The molecule has 37 heavy (non-hydrogen) atoms. The van der Waals surface area contributed by atoms with Crippen LogP contribution in [0.3, 0.4) is 0 Å². The van der Waals surface area contributed by atoms with Crippen LogP contribution in [-0.2, 0) is 25.1 Å². The van der Waals surface area contributed by atoms with Gasteiger partial charge in [0.15, 0.2) is 5.82 Å². The second-order valence-corrected chi connectivity index (χ2v) is 10.7. The smallest absolute Gasteiger partial charge is 0.173 e. The number of tetrazole rings is 1. The van der Waals surface area contributed by atoms with E-state index < -0.39 is 0 Å². The van der Waals surface area contributed by atoms with Crippen molar-refractivity contribution in [3.05, 3.63) is 107 Å². The van der Waals surface area contributed by atoms with E-state index in [2.05, 4.69) is 99.7 Å². The van der Waals surface area contributed by atoms with Gasteiger partial charge in [-0.05, 0) is 59.4 Å². The summed E-state index contributed by atoms with van der Waals surface area (Å²) in [7, 11) is 0. The van der Waals surface area contributed by atoms with Gasteiger partial charge in [-0.15, -0.1) is 5.10 Å². The normalized spacial score (nSPS) is 18.2. The molecule has 0 spiro atoms. The highest BCUT2D eigenvalue weighted by Crippen LogP contribution is 2.41. The monoisotopic (exact) mass is 493 g/mol. The predicted octanol–water partition coefficient (Wildman–Crippen LogP) is 6.08. The van der Waals surface area contributed by atoms with Crippen molar-refractivity contribution in [2.24, 2.45) is 0 Å². The first-order chi connectivity index (χ1) is 18.2. The summed E-state index contributed by atoms with van der Waals surface area (Å²) in [5.41, 5.74) is 5.02. The molecule has 6 heteroatoms. The van der Waals surface area contributed by atoms with Gasteiger partial charge in [0.25, 0.3) is 0 Å². The SMILES string of the molecule is CC1(n2nnnc2C(c2ccccc2OCc2ccccc2)N2CCc3ccccc3C2)CCCCC1. The molecule has 3 aromatic carbocycles. The zero-order chi connectivity index (χ0) is 25.1. The lowest BCUT2D eigenvalue weighted by atomic mass is 9.83. The minimum absolute atomic E-state index is 0.0666. The molecule has 1 aliphatic heterocycles. The number of rotatable bonds is 7. The zero-order valence-electron chi connectivity index (χ0n) is 21.6. The third kappa shape index (κ3) is 4.90. The Hall–Kier alpha value is -3.51. The van der Waals surface area contributed by atoms with E-state index in [4.69, 9.17) is 9.84 Å². The molecule has 1 fully saturated rings. The molecular weight excluding hydrogens is 458 g/mol. The van der Waals surface area contributed by atoms with Crippen molar-refractivity contribution < 1.29 is 4.74 Å². The van der Waals surface area contributed by atoms with Crippen molar-refractivity contribution in [3.63, 3.8) is 0 Å². The van der Waals surface area contributed by atoms with Crippen LogP contribution >= 0.6 is 0 Å². The molecule has 0 N–H and O–H groups in total. The number of fused-ring (bicyclic) bond motifs is 1. The van der Waals surface area contributed by atoms with Crippen molar-refractivity contribution in [2.45, 2.75) is 70.2 Å². The maximum Gasteiger partial charge on any atom is 0.173 e. The molecule has 1 atom stereocenters. The summed E-state index contributed by atoms with van der Waals surface area (Å²) in [5, 5.41) is 13.6. The number of benzene rings is 3. The van der Waals surface area contributed by atoms with E-state index in [1.165, 1.54) is 30.4 Å². The minimum Gasteiger partial charge on any atom is -0.489 e. The average molecular weight is 494 g/mol. The Labute approximate surface area is 219 Å². The maximum absolute atomic E-state index is 6.47. The Morgan fingerprint density at radius 2 is 1.59 bits per heavy atom. The lowest BCUT2D eigenvalue weighted by molar-refractivity contribution is 0.153. The fourth-order valence-electron chi connectivity index (χ4n) is 6.08. The molecule has 0 radical (unpaired) electrons. The van der Waals surface area contributed by atoms with E-state index in [-0.39, 0.29) is 11.6 Å². The molecule has 6 nitrogen and oxygen atoms in total. The van der Waals surface area contributed by atoms with Crippen molar-refractivity contribution in [2.75, 3.05) is 6.54 Å². The van der Waals surface area contributed by atoms with Gasteiger partial charge in [-0.3, -0.25) is 4.90 Å². The van der Waals surface area contributed by atoms with Crippen LogP contribution in [0, 0.1) is 0 Å². The number of para-hydroxylation sites is 1. The highest BCUT2D eigenvalue weighted by atomic mass is 16.5. The summed E-state index contributed by atoms with van der Waals surface area (Å²) < 4.78 is 8.61. The number of aromatic nitrogens is 4. The second kappa shape index (κ2) is 10.5. The fraction of sp³-hybridized carbons (Fsp3) is 0.387. The highest BCUT2D eigenvalue weighted by molar-refractivity contribution is 5.40. The van der Waals surface area contributed by atoms with Gasteiger partial charge in [-0.25, -0.2) is 4.68 Å². The number of ether oxygens (including phenoxy) is 1. The molecule has 2 aliphatic rings. The van der Waals surface area contributed by atoms with Gasteiger partial charge < -0.3 is 4.74 Å². The molecular formula is C31H35N5O. The molecule has 0 amide bonds. The maximum atomic E-state index is 6.47. The largest absolute Gasteiger partial charge is 0.489 e. The molecule has 190 valence electrons. The molecule has 1 unspecified atom stereocenters. The third-order valence-electron chi connectivity index (χ3n) is 8.16. The van der Waals surface area contributed by atoms with E-state index >= 15 is 0 Å². The molecule has 0 bridgehead atoms. The molecule has 2 heterocycles. The average Bonchev–Trinajstić information content (AvgIpc) is 3.44. The van der Waals surface area contributed by atoms with Crippen molar-refractivity contribution in [1.29, 1.82) is 0 Å². The van der Waals surface area contributed by atoms with Crippen LogP contribution in [0.2, 0.25) is 0 Å². The summed E-state index contributed by atoms with van der Waals surface area (Å²) >= 11 is 0. The summed E-state index contributed by atoms with van der Waals surface area (Å²) in [6, 6.07) is 27.5. The quantitative estimate of drug-likeness (QED) is 0.312. The first-order valence-corrected chi connectivity index (χ1v) is 13.6. The molecule has 4 aromatic rings. The Balaban J connectivity index is 1.41. The van der Waals surface area contributed by atoms with Crippen molar-refractivity contribution >= 4 is 0 Å². The van der Waals surface area contributed by atoms with Crippen LogP contribution in [0.5, 0.6) is 5.75 Å². The van der Waals surface area contributed by atoms with Crippen LogP contribution < -0.4 is 4.74 Å². The van der Waals surface area contributed by atoms with Gasteiger partial charge in [-0.2, -0.15) is 0 Å². The van der Waals surface area contributed by atoms with Gasteiger partial charge in [0.05, 0.1) is 5.54 Å². The number of nitrogens with zero attached hydrogens (tertiary/aromatic N) is 5. The Bertz CT molecular complexity index is 1330. The topological polar surface area (TPSA) is 56.1 Å². The lowest BCUT2D eigenvalue weighted by Gasteiger charge is -2.39. The Morgan fingerprint density at radius 1 is 0.865 bits per heavy atom. The van der Waals surface area contributed by atoms with E-state index in [9.17, 15) is 0 Å². The number of hydrogen-bond donors (Lipinski definition) is 0. The second-order valence-electron chi connectivity index (χ2n) is 10.7. The summed E-state index contributed by atoms with van der Waals surface area (Å²) in [5.74, 6) is 1.80. The lowest BCUT2D eigenvalue weighted by Crippen LogP contribution is -2.40. The first kappa shape index (κ1) is 23.9. The first-order valence-electron chi connectivity index (χ1n) is 13.6. The number of hydrogen-bond acceptors (Lipinski definition) is 5. The molecule has 1 aliphatic carbocycles. The van der Waals surface area contributed by atoms with Gasteiger partial charge >= 0.3 is 0 Å². The summed E-state index contributed by atoms with van der Waals surface area (Å²) in [6.07, 6.45) is 6.94. The van der Waals surface area contributed by atoms with E-state index in [1.807, 2.05) is 6.07 Å². The zero-order valence-corrected chi connectivity index (χ0v) is 21.6. The predicted molar refractivity (Wildman–Crippen MR) is 144 cm³/mol. The van der Waals surface area contributed by atoms with E-state index in [0.717, 1.165) is 55.1 Å². The minimum atomic E-state index is -0.103. The van der Waals surface area contributed by atoms with Crippen molar-refractivity contribution in [3.8, 4) is 5.75 Å². The van der Waals surface area contributed by atoms with Crippen LogP contribution in [0.15, 0.2) is 78.9 Å². The summed E-state index contributed by atoms with van der Waals surface area (Å²) in [6.45, 7) is 4.65. The molecule has 6 rings (SSSR count). The molecule has 1 aromatic heterocycles. The van der Waals surface area contributed by atoms with Gasteiger partial charge in [0, 0.05) is 18.7 Å². The van der Waals surface area contributed by atoms with Crippen LogP contribution in [0.25, 0.3) is 0 Å². The Kier molecular flexibility index (Phi) is 6.75. The fourth-order valence-corrected chi connectivity index (χ4v) is 6.08. The molecule has 0 saturated heterocycles. The highest BCUT2D eigenvalue weighted by Gasteiger charge is 2.38. The van der Waals surface area contributed by atoms with Gasteiger partial charge in [0.2, 0.25) is 0 Å². The summed E-state index contributed by atoms with van der Waals surface area (Å²) in [4.78, 5) is 2.53.